The van der Waals surface area contributed by atoms with Crippen molar-refractivity contribution in [1.29, 1.82) is 0 Å². The molecule has 16 heavy (non-hydrogen) atoms. The number of anilines is 1. The van der Waals surface area contributed by atoms with E-state index in [9.17, 15) is 0 Å². The second-order valence-corrected chi connectivity index (χ2v) is 3.75. The van der Waals surface area contributed by atoms with Crippen LogP contribution in [0.2, 0.25) is 0 Å². The maximum absolute atomic E-state index is 5.90. The van der Waals surface area contributed by atoms with Crippen LogP contribution in [0, 0.1) is 6.92 Å². The lowest BCUT2D eigenvalue weighted by atomic mass is 9.99. The molecule has 2 aromatic carbocycles. The van der Waals surface area contributed by atoms with E-state index in [0.717, 1.165) is 28.1 Å². The summed E-state index contributed by atoms with van der Waals surface area (Å²) in [6.45, 7) is 2.03. The predicted molar refractivity (Wildman–Crippen MR) is 67.6 cm³/mol. The van der Waals surface area contributed by atoms with Crippen molar-refractivity contribution in [2.75, 3.05) is 12.8 Å². The zero-order chi connectivity index (χ0) is 11.5. The monoisotopic (exact) mass is 213 g/mol. The second-order valence-electron chi connectivity index (χ2n) is 3.75. The highest BCUT2D eigenvalue weighted by molar-refractivity contribution is 5.73. The molecule has 0 spiro atoms. The third kappa shape index (κ3) is 1.87. The first-order valence-electron chi connectivity index (χ1n) is 5.22. The predicted octanol–water partition coefficient (Wildman–Crippen LogP) is 3.25. The lowest BCUT2D eigenvalue weighted by molar-refractivity contribution is 0.415. The molecule has 0 aliphatic rings. The number of ether oxygens (including phenoxy) is 1. The fourth-order valence-electron chi connectivity index (χ4n) is 1.76. The molecule has 0 heterocycles. The minimum Gasteiger partial charge on any atom is -0.497 e. The molecule has 2 heteroatoms. The van der Waals surface area contributed by atoms with E-state index in [-0.39, 0.29) is 0 Å². The molecular formula is C14H15NO. The standard InChI is InChI=1S/C14H15NO/c1-10-13(7-4-8-14(10)15)11-5-3-6-12(9-11)16-2/h3-9H,15H2,1-2H3. The van der Waals surface area contributed by atoms with Crippen molar-refractivity contribution < 1.29 is 4.74 Å². The SMILES string of the molecule is COc1cccc(-c2cccc(N)c2C)c1. The minimum absolute atomic E-state index is 0.820. The van der Waals surface area contributed by atoms with Gasteiger partial charge in [-0.3, -0.25) is 0 Å². The van der Waals surface area contributed by atoms with Crippen molar-refractivity contribution in [3.05, 3.63) is 48.0 Å². The third-order valence-electron chi connectivity index (χ3n) is 2.76. The first kappa shape index (κ1) is 10.6. The van der Waals surface area contributed by atoms with Crippen molar-refractivity contribution in [1.82, 2.24) is 0 Å². The Bertz CT molecular complexity index is 506. The minimum atomic E-state index is 0.820. The van der Waals surface area contributed by atoms with Crippen LogP contribution in [0.1, 0.15) is 5.56 Å². The average molecular weight is 213 g/mol. The number of methoxy groups -OCH3 is 1. The van der Waals surface area contributed by atoms with Gasteiger partial charge in [0.1, 0.15) is 5.75 Å². The van der Waals surface area contributed by atoms with Gasteiger partial charge in [0.15, 0.2) is 0 Å². The zero-order valence-electron chi connectivity index (χ0n) is 9.53. The Hall–Kier alpha value is -1.96. The molecule has 82 valence electrons. The average Bonchev–Trinajstić information content (AvgIpc) is 2.33. The van der Waals surface area contributed by atoms with Crippen LogP contribution >= 0.6 is 0 Å². The van der Waals surface area contributed by atoms with E-state index in [1.54, 1.807) is 7.11 Å². The fourth-order valence-corrected chi connectivity index (χ4v) is 1.76. The van der Waals surface area contributed by atoms with Gasteiger partial charge in [-0.15, -0.1) is 0 Å². The van der Waals surface area contributed by atoms with Crippen molar-refractivity contribution in [2.45, 2.75) is 6.92 Å². The van der Waals surface area contributed by atoms with E-state index < -0.39 is 0 Å². The third-order valence-corrected chi connectivity index (χ3v) is 2.76. The molecule has 0 bridgehead atoms. The molecule has 2 N–H and O–H groups in total. The first-order valence-corrected chi connectivity index (χ1v) is 5.22. The molecule has 0 aliphatic heterocycles. The summed E-state index contributed by atoms with van der Waals surface area (Å²) in [4.78, 5) is 0. The highest BCUT2D eigenvalue weighted by Gasteiger charge is 2.04. The van der Waals surface area contributed by atoms with E-state index in [0.29, 0.717) is 0 Å². The van der Waals surface area contributed by atoms with Crippen molar-refractivity contribution in [2.24, 2.45) is 0 Å². The number of hydrogen-bond donors (Lipinski definition) is 1. The highest BCUT2D eigenvalue weighted by Crippen LogP contribution is 2.29. The molecule has 0 radical (unpaired) electrons. The number of benzene rings is 2. The van der Waals surface area contributed by atoms with Gasteiger partial charge >= 0.3 is 0 Å². The van der Waals surface area contributed by atoms with Crippen LogP contribution in [-0.2, 0) is 0 Å². The van der Waals surface area contributed by atoms with Crippen LogP contribution in [0.3, 0.4) is 0 Å². The van der Waals surface area contributed by atoms with E-state index in [4.69, 9.17) is 10.5 Å². The summed E-state index contributed by atoms with van der Waals surface area (Å²) in [5.41, 5.74) is 10.1. The molecule has 0 fully saturated rings. The number of hydrogen-bond acceptors (Lipinski definition) is 2. The largest absolute Gasteiger partial charge is 0.497 e. The van der Waals surface area contributed by atoms with Gasteiger partial charge < -0.3 is 10.5 Å². The topological polar surface area (TPSA) is 35.2 Å². The van der Waals surface area contributed by atoms with Crippen LogP contribution in [0.4, 0.5) is 5.69 Å². The molecule has 0 saturated carbocycles. The Morgan fingerprint density at radius 2 is 1.81 bits per heavy atom. The van der Waals surface area contributed by atoms with E-state index in [1.807, 2.05) is 37.3 Å². The molecule has 0 aliphatic carbocycles. The Kier molecular flexibility index (Phi) is 2.82. The molecule has 0 aromatic heterocycles. The molecule has 2 aromatic rings. The molecule has 2 nitrogen and oxygen atoms in total. The van der Waals surface area contributed by atoms with Crippen LogP contribution in [0.15, 0.2) is 42.5 Å². The maximum Gasteiger partial charge on any atom is 0.119 e. The van der Waals surface area contributed by atoms with Crippen LogP contribution in [0.5, 0.6) is 5.75 Å². The van der Waals surface area contributed by atoms with Gasteiger partial charge in [-0.25, -0.2) is 0 Å². The Labute approximate surface area is 95.7 Å². The summed E-state index contributed by atoms with van der Waals surface area (Å²) in [7, 11) is 1.67. The molecule has 0 atom stereocenters. The highest BCUT2D eigenvalue weighted by atomic mass is 16.5. The van der Waals surface area contributed by atoms with Gasteiger partial charge in [-0.2, -0.15) is 0 Å². The Morgan fingerprint density at radius 1 is 1.06 bits per heavy atom. The van der Waals surface area contributed by atoms with Gasteiger partial charge in [0.2, 0.25) is 0 Å². The van der Waals surface area contributed by atoms with Gasteiger partial charge in [0.05, 0.1) is 7.11 Å². The van der Waals surface area contributed by atoms with E-state index in [2.05, 4.69) is 12.1 Å². The summed E-state index contributed by atoms with van der Waals surface area (Å²) in [6.07, 6.45) is 0. The lowest BCUT2D eigenvalue weighted by Gasteiger charge is -2.09. The van der Waals surface area contributed by atoms with Crippen molar-refractivity contribution in [3.8, 4) is 16.9 Å². The lowest BCUT2D eigenvalue weighted by Crippen LogP contribution is -1.92. The molecule has 0 unspecified atom stereocenters. The van der Waals surface area contributed by atoms with Gasteiger partial charge in [0.25, 0.3) is 0 Å². The molecule has 0 amide bonds. The summed E-state index contributed by atoms with van der Waals surface area (Å²) < 4.78 is 5.22. The van der Waals surface area contributed by atoms with Crippen molar-refractivity contribution >= 4 is 5.69 Å². The van der Waals surface area contributed by atoms with Gasteiger partial charge in [0, 0.05) is 5.69 Å². The molecule has 0 saturated heterocycles. The fraction of sp³-hybridized carbons (Fsp3) is 0.143. The summed E-state index contributed by atoms with van der Waals surface area (Å²) in [5, 5.41) is 0. The Morgan fingerprint density at radius 3 is 2.56 bits per heavy atom. The normalized spacial score (nSPS) is 10.1. The summed E-state index contributed by atoms with van der Waals surface area (Å²) in [6, 6.07) is 13.9. The van der Waals surface area contributed by atoms with Crippen LogP contribution in [0.25, 0.3) is 11.1 Å². The first-order chi connectivity index (χ1) is 7.72. The van der Waals surface area contributed by atoms with Crippen LogP contribution in [-0.4, -0.2) is 7.11 Å². The molecule has 2 rings (SSSR count). The van der Waals surface area contributed by atoms with Crippen molar-refractivity contribution in [3.63, 3.8) is 0 Å². The van der Waals surface area contributed by atoms with Crippen LogP contribution < -0.4 is 10.5 Å². The smallest absolute Gasteiger partial charge is 0.119 e. The number of nitrogens with two attached hydrogens (primary N) is 1. The van der Waals surface area contributed by atoms with Gasteiger partial charge in [-0.1, -0.05) is 24.3 Å². The maximum atomic E-state index is 5.90. The molecular weight excluding hydrogens is 198 g/mol. The number of nitrogen functional groups attached to an aromatic ring is 1. The summed E-state index contributed by atoms with van der Waals surface area (Å²) >= 11 is 0. The zero-order valence-corrected chi connectivity index (χ0v) is 9.53. The summed E-state index contributed by atoms with van der Waals surface area (Å²) in [5.74, 6) is 0.860. The number of rotatable bonds is 2. The van der Waals surface area contributed by atoms with E-state index >= 15 is 0 Å². The van der Waals surface area contributed by atoms with E-state index in [1.165, 1.54) is 0 Å². The quantitative estimate of drug-likeness (QED) is 0.777. The second kappa shape index (κ2) is 4.27. The Balaban J connectivity index is 2.54. The van der Waals surface area contributed by atoms with Gasteiger partial charge in [-0.05, 0) is 41.8 Å².